The zero-order valence-electron chi connectivity index (χ0n) is 29.7. The number of anilines is 3. The molecule has 0 bridgehead atoms. The molecule has 0 spiro atoms. The third-order valence-corrected chi connectivity index (χ3v) is 10.6. The van der Waals surface area contributed by atoms with Crippen LogP contribution in [0.5, 0.6) is 0 Å². The molecule has 0 N–H and O–H groups in total. The summed E-state index contributed by atoms with van der Waals surface area (Å²) >= 11 is 0. The molecular weight excluding hydrogens is 653 g/mol. The highest BCUT2D eigenvalue weighted by Gasteiger charge is 2.24. The third kappa shape index (κ3) is 5.36. The van der Waals surface area contributed by atoms with Crippen LogP contribution in [0.1, 0.15) is 0 Å². The van der Waals surface area contributed by atoms with Crippen LogP contribution < -0.4 is 4.90 Å². The van der Waals surface area contributed by atoms with Gasteiger partial charge in [0.15, 0.2) is 0 Å². The van der Waals surface area contributed by atoms with E-state index in [2.05, 4.69) is 228 Å². The van der Waals surface area contributed by atoms with Gasteiger partial charge < -0.3 is 9.47 Å². The van der Waals surface area contributed by atoms with Gasteiger partial charge in [0, 0.05) is 33.1 Å². The molecule has 0 fully saturated rings. The van der Waals surface area contributed by atoms with Gasteiger partial charge in [0.25, 0.3) is 0 Å². The van der Waals surface area contributed by atoms with Gasteiger partial charge in [-0.2, -0.15) is 0 Å². The fourth-order valence-electron chi connectivity index (χ4n) is 8.22. The predicted molar refractivity (Wildman–Crippen MR) is 229 cm³/mol. The Labute approximate surface area is 315 Å². The molecule has 1 heterocycles. The first-order chi connectivity index (χ1) is 26.8. The highest BCUT2D eigenvalue weighted by Crippen LogP contribution is 2.49. The smallest absolute Gasteiger partial charge is 0.0546 e. The topological polar surface area (TPSA) is 8.17 Å². The number of benzene rings is 9. The number of nitrogens with zero attached hydrogens (tertiary/aromatic N) is 2. The van der Waals surface area contributed by atoms with E-state index in [0.29, 0.717) is 0 Å². The number of fused-ring (bicyclic) bond motifs is 4. The first-order valence-electron chi connectivity index (χ1n) is 18.5. The van der Waals surface area contributed by atoms with Gasteiger partial charge in [0.2, 0.25) is 0 Å². The van der Waals surface area contributed by atoms with Gasteiger partial charge in [0.1, 0.15) is 0 Å². The zero-order valence-corrected chi connectivity index (χ0v) is 29.7. The zero-order chi connectivity index (χ0) is 35.8. The minimum Gasteiger partial charge on any atom is -0.309 e. The Hall–Kier alpha value is -7.16. The standard InChI is InChI=1S/C52H36N2/c1-3-18-37(19-4-1)42-26-9-10-30-47(42)52-44(39-20-5-2-6-21-39)31-17-35-51(52)54(48-34-15-23-38-22-7-8-27-43(38)48)41-25-16-24-40(36-41)53-49-32-13-11-28-45(49)46-29-12-14-33-50(46)53/h1-36H. The summed E-state index contributed by atoms with van der Waals surface area (Å²) in [5.41, 5.74) is 13.9. The molecule has 2 heteroatoms. The maximum absolute atomic E-state index is 2.48. The van der Waals surface area contributed by atoms with Gasteiger partial charge in [-0.3, -0.25) is 0 Å². The van der Waals surface area contributed by atoms with Gasteiger partial charge in [0.05, 0.1) is 22.4 Å². The number of rotatable bonds is 7. The molecule has 10 aromatic rings. The lowest BCUT2D eigenvalue weighted by Gasteiger charge is -2.31. The van der Waals surface area contributed by atoms with Crippen molar-refractivity contribution in [2.24, 2.45) is 0 Å². The van der Waals surface area contributed by atoms with Crippen molar-refractivity contribution in [3.8, 4) is 39.1 Å². The SMILES string of the molecule is c1ccc(-c2ccccc2-c2c(-c3ccccc3)cccc2N(c2cccc(-n3c4ccccc4c4ccccc43)c2)c2cccc3ccccc23)cc1. The Kier molecular flexibility index (Phi) is 7.85. The summed E-state index contributed by atoms with van der Waals surface area (Å²) in [6.45, 7) is 0. The van der Waals surface area contributed by atoms with Crippen molar-refractivity contribution < 1.29 is 0 Å². The summed E-state index contributed by atoms with van der Waals surface area (Å²) in [5, 5.41) is 4.89. The van der Waals surface area contributed by atoms with Crippen LogP contribution in [0, 0.1) is 0 Å². The van der Waals surface area contributed by atoms with Crippen molar-refractivity contribution >= 4 is 49.6 Å². The Bertz CT molecular complexity index is 2880. The molecule has 0 amide bonds. The van der Waals surface area contributed by atoms with E-state index in [1.165, 1.54) is 66.0 Å². The fraction of sp³-hybridized carbons (Fsp3) is 0. The van der Waals surface area contributed by atoms with Gasteiger partial charge in [-0.1, -0.05) is 176 Å². The second-order valence-electron chi connectivity index (χ2n) is 13.7. The Balaban J connectivity index is 1.30. The highest BCUT2D eigenvalue weighted by atomic mass is 15.1. The summed E-state index contributed by atoms with van der Waals surface area (Å²) < 4.78 is 2.40. The molecule has 10 rings (SSSR count). The van der Waals surface area contributed by atoms with Crippen molar-refractivity contribution in [1.82, 2.24) is 4.57 Å². The minimum atomic E-state index is 1.08. The molecule has 2 nitrogen and oxygen atoms in total. The molecular formula is C52H36N2. The average Bonchev–Trinajstić information content (AvgIpc) is 3.59. The number of aromatic nitrogens is 1. The maximum atomic E-state index is 2.48. The van der Waals surface area contributed by atoms with E-state index in [9.17, 15) is 0 Å². The normalized spacial score (nSPS) is 11.3. The van der Waals surface area contributed by atoms with Gasteiger partial charge >= 0.3 is 0 Å². The van der Waals surface area contributed by atoms with E-state index in [1.54, 1.807) is 0 Å². The summed E-state index contributed by atoms with van der Waals surface area (Å²) in [6, 6.07) is 79.0. The summed E-state index contributed by atoms with van der Waals surface area (Å²) in [7, 11) is 0. The van der Waals surface area contributed by atoms with Crippen LogP contribution >= 0.6 is 0 Å². The highest BCUT2D eigenvalue weighted by molar-refractivity contribution is 6.10. The first-order valence-corrected chi connectivity index (χ1v) is 18.5. The van der Waals surface area contributed by atoms with Gasteiger partial charge in [-0.05, 0) is 75.7 Å². The van der Waals surface area contributed by atoms with Crippen molar-refractivity contribution in [3.63, 3.8) is 0 Å². The van der Waals surface area contributed by atoms with E-state index in [1.807, 2.05) is 0 Å². The van der Waals surface area contributed by atoms with E-state index in [-0.39, 0.29) is 0 Å². The van der Waals surface area contributed by atoms with E-state index in [4.69, 9.17) is 0 Å². The summed E-state index contributed by atoms with van der Waals surface area (Å²) in [6.07, 6.45) is 0. The number of hydrogen-bond acceptors (Lipinski definition) is 1. The second-order valence-corrected chi connectivity index (χ2v) is 13.7. The molecule has 54 heavy (non-hydrogen) atoms. The van der Waals surface area contributed by atoms with Crippen LogP contribution in [0.25, 0.3) is 71.6 Å². The van der Waals surface area contributed by atoms with E-state index >= 15 is 0 Å². The molecule has 9 aromatic carbocycles. The largest absolute Gasteiger partial charge is 0.309 e. The fourth-order valence-corrected chi connectivity index (χ4v) is 8.22. The predicted octanol–water partition coefficient (Wildman–Crippen LogP) is 14.4. The monoisotopic (exact) mass is 688 g/mol. The molecule has 0 unspecified atom stereocenters. The first kappa shape index (κ1) is 31.6. The average molecular weight is 689 g/mol. The molecule has 0 aliphatic rings. The Morgan fingerprint density at radius 2 is 0.833 bits per heavy atom. The van der Waals surface area contributed by atoms with E-state index < -0.39 is 0 Å². The minimum absolute atomic E-state index is 1.08. The van der Waals surface area contributed by atoms with Crippen LogP contribution in [-0.2, 0) is 0 Å². The van der Waals surface area contributed by atoms with E-state index in [0.717, 1.165) is 22.7 Å². The lowest BCUT2D eigenvalue weighted by molar-refractivity contribution is 1.17. The molecule has 0 saturated heterocycles. The van der Waals surface area contributed by atoms with Crippen molar-refractivity contribution in [1.29, 1.82) is 0 Å². The molecule has 0 aliphatic heterocycles. The van der Waals surface area contributed by atoms with Crippen LogP contribution in [0.3, 0.4) is 0 Å². The van der Waals surface area contributed by atoms with Gasteiger partial charge in [-0.15, -0.1) is 0 Å². The van der Waals surface area contributed by atoms with Crippen LogP contribution in [0.4, 0.5) is 17.1 Å². The molecule has 0 saturated carbocycles. The van der Waals surface area contributed by atoms with Crippen molar-refractivity contribution in [2.45, 2.75) is 0 Å². The maximum Gasteiger partial charge on any atom is 0.0546 e. The quantitative estimate of drug-likeness (QED) is 0.162. The van der Waals surface area contributed by atoms with Crippen LogP contribution in [-0.4, -0.2) is 4.57 Å². The molecule has 1 aromatic heterocycles. The second kappa shape index (κ2) is 13.4. The Morgan fingerprint density at radius 3 is 1.56 bits per heavy atom. The summed E-state index contributed by atoms with van der Waals surface area (Å²) in [5.74, 6) is 0. The van der Waals surface area contributed by atoms with Crippen LogP contribution in [0.2, 0.25) is 0 Å². The lowest BCUT2D eigenvalue weighted by atomic mass is 9.87. The molecule has 0 radical (unpaired) electrons. The lowest BCUT2D eigenvalue weighted by Crippen LogP contribution is -2.13. The summed E-state index contributed by atoms with van der Waals surface area (Å²) in [4.78, 5) is 2.48. The Morgan fingerprint density at radius 1 is 0.333 bits per heavy atom. The van der Waals surface area contributed by atoms with Crippen molar-refractivity contribution in [2.75, 3.05) is 4.90 Å². The van der Waals surface area contributed by atoms with Gasteiger partial charge in [-0.25, -0.2) is 0 Å². The molecule has 0 atom stereocenters. The number of hydrogen-bond donors (Lipinski definition) is 0. The van der Waals surface area contributed by atoms with Crippen LogP contribution in [0.15, 0.2) is 218 Å². The van der Waals surface area contributed by atoms with Crippen molar-refractivity contribution in [3.05, 3.63) is 218 Å². The molecule has 254 valence electrons. The molecule has 0 aliphatic carbocycles. The third-order valence-electron chi connectivity index (χ3n) is 10.6. The number of para-hydroxylation sites is 2.